The van der Waals surface area contributed by atoms with Crippen LogP contribution in [0.25, 0.3) is 0 Å². The number of hydrogen-bond acceptors (Lipinski definition) is 2. The minimum Gasteiger partial charge on any atom is -0.310 e. The highest BCUT2D eigenvalue weighted by Crippen LogP contribution is 2.39. The molecule has 1 aliphatic rings. The van der Waals surface area contributed by atoms with E-state index in [1.807, 2.05) is 36.4 Å². The van der Waals surface area contributed by atoms with Crippen LogP contribution in [-0.4, -0.2) is 6.04 Å². The zero-order valence-corrected chi connectivity index (χ0v) is 12.5. The highest BCUT2D eigenvalue weighted by atomic mass is 35.5. The van der Waals surface area contributed by atoms with Crippen LogP contribution in [0.4, 0.5) is 0 Å². The average Bonchev–Trinajstić information content (AvgIpc) is 2.48. The number of nitrogens with one attached hydrogen (secondary N) is 1. The summed E-state index contributed by atoms with van der Waals surface area (Å²) < 4.78 is 0. The van der Waals surface area contributed by atoms with Gasteiger partial charge in [-0.2, -0.15) is 5.26 Å². The topological polar surface area (TPSA) is 35.8 Å². The molecule has 0 aromatic heterocycles. The van der Waals surface area contributed by atoms with E-state index in [2.05, 4.69) is 23.5 Å². The molecule has 1 saturated carbocycles. The Morgan fingerprint density at radius 3 is 2.48 bits per heavy atom. The lowest BCUT2D eigenvalue weighted by atomic mass is 9.76. The molecule has 0 heterocycles. The fraction of sp³-hybridized carbons (Fsp3) is 0.278. The molecule has 1 fully saturated rings. The first kappa shape index (κ1) is 14.1. The van der Waals surface area contributed by atoms with Gasteiger partial charge in [-0.15, -0.1) is 0 Å². The lowest BCUT2D eigenvalue weighted by Gasteiger charge is -2.37. The summed E-state index contributed by atoms with van der Waals surface area (Å²) >= 11 is 6.23. The minimum absolute atomic E-state index is 0.557. The van der Waals surface area contributed by atoms with Crippen molar-refractivity contribution in [3.05, 3.63) is 70.2 Å². The molecule has 106 valence electrons. The van der Waals surface area contributed by atoms with E-state index in [1.165, 1.54) is 11.1 Å². The van der Waals surface area contributed by atoms with E-state index in [0.717, 1.165) is 24.4 Å². The van der Waals surface area contributed by atoms with Crippen LogP contribution in [0.15, 0.2) is 48.5 Å². The molecule has 0 unspecified atom stereocenters. The van der Waals surface area contributed by atoms with Crippen molar-refractivity contribution in [3.8, 4) is 6.07 Å². The van der Waals surface area contributed by atoms with Crippen LogP contribution in [0.3, 0.4) is 0 Å². The van der Waals surface area contributed by atoms with Gasteiger partial charge in [-0.3, -0.25) is 0 Å². The average molecular weight is 297 g/mol. The maximum Gasteiger partial charge on any atom is 0.0991 e. The molecule has 2 aromatic carbocycles. The summed E-state index contributed by atoms with van der Waals surface area (Å²) in [6.45, 7) is 0.853. The number of benzene rings is 2. The van der Waals surface area contributed by atoms with Gasteiger partial charge >= 0.3 is 0 Å². The minimum atomic E-state index is 0.557. The van der Waals surface area contributed by atoms with Gasteiger partial charge in [0, 0.05) is 17.6 Å². The summed E-state index contributed by atoms with van der Waals surface area (Å²) in [6, 6.07) is 18.6. The number of hydrogen-bond donors (Lipinski definition) is 1. The summed E-state index contributed by atoms with van der Waals surface area (Å²) in [5, 5.41) is 13.2. The Kier molecular flexibility index (Phi) is 4.24. The van der Waals surface area contributed by atoms with Gasteiger partial charge in [0.05, 0.1) is 11.6 Å². The van der Waals surface area contributed by atoms with Crippen LogP contribution in [-0.2, 0) is 6.54 Å². The Labute approximate surface area is 130 Å². The van der Waals surface area contributed by atoms with Crippen LogP contribution in [0, 0.1) is 11.3 Å². The molecule has 1 aliphatic carbocycles. The molecule has 0 aliphatic heterocycles. The molecular weight excluding hydrogens is 280 g/mol. The van der Waals surface area contributed by atoms with Gasteiger partial charge in [-0.1, -0.05) is 41.9 Å². The zero-order valence-electron chi connectivity index (χ0n) is 11.7. The second-order valence-electron chi connectivity index (χ2n) is 5.58. The van der Waals surface area contributed by atoms with Crippen LogP contribution >= 0.6 is 11.6 Å². The van der Waals surface area contributed by atoms with Gasteiger partial charge in [-0.25, -0.2) is 0 Å². The van der Waals surface area contributed by atoms with E-state index in [4.69, 9.17) is 16.9 Å². The number of nitriles is 1. The molecule has 0 radical (unpaired) electrons. The lowest BCUT2D eigenvalue weighted by molar-refractivity contribution is 0.289. The molecular formula is C18H17ClN2. The second-order valence-corrected chi connectivity index (χ2v) is 5.98. The molecule has 0 amide bonds. The van der Waals surface area contributed by atoms with Crippen LogP contribution in [0.1, 0.15) is 35.4 Å². The van der Waals surface area contributed by atoms with Crippen molar-refractivity contribution < 1.29 is 0 Å². The third-order valence-electron chi connectivity index (χ3n) is 4.16. The largest absolute Gasteiger partial charge is 0.310 e. The predicted octanol–water partition coefficient (Wildman–Crippen LogP) is 4.25. The smallest absolute Gasteiger partial charge is 0.0991 e. The van der Waals surface area contributed by atoms with Gasteiger partial charge in [0.1, 0.15) is 0 Å². The van der Waals surface area contributed by atoms with E-state index in [1.54, 1.807) is 0 Å². The number of nitrogens with zero attached hydrogens (tertiary/aromatic N) is 1. The number of halogens is 1. The van der Waals surface area contributed by atoms with E-state index in [0.29, 0.717) is 17.5 Å². The Morgan fingerprint density at radius 2 is 1.81 bits per heavy atom. The van der Waals surface area contributed by atoms with Gasteiger partial charge < -0.3 is 5.32 Å². The fourth-order valence-electron chi connectivity index (χ4n) is 2.80. The monoisotopic (exact) mass is 296 g/mol. The third-order valence-corrected chi connectivity index (χ3v) is 4.51. The molecule has 1 N–H and O–H groups in total. The second kappa shape index (κ2) is 6.30. The van der Waals surface area contributed by atoms with E-state index in [9.17, 15) is 0 Å². The van der Waals surface area contributed by atoms with Crippen molar-refractivity contribution in [3.63, 3.8) is 0 Å². The summed E-state index contributed by atoms with van der Waals surface area (Å²) in [6.07, 6.45) is 2.28. The standard InChI is InChI=1S/C18H17ClN2/c19-18-4-2-1-3-17(18)15-9-16(10-15)21-12-14-7-5-13(11-20)6-8-14/h1-8,15-16,21H,9-10,12H2. The van der Waals surface area contributed by atoms with Crippen LogP contribution in [0.5, 0.6) is 0 Å². The predicted molar refractivity (Wildman–Crippen MR) is 85.2 cm³/mol. The van der Waals surface area contributed by atoms with Crippen LogP contribution < -0.4 is 5.32 Å². The van der Waals surface area contributed by atoms with Gasteiger partial charge in [0.25, 0.3) is 0 Å². The van der Waals surface area contributed by atoms with Crippen molar-refractivity contribution in [2.45, 2.75) is 31.3 Å². The molecule has 3 rings (SSSR count). The third kappa shape index (κ3) is 3.26. The summed E-state index contributed by atoms with van der Waals surface area (Å²) in [4.78, 5) is 0. The normalized spacial score (nSPS) is 20.6. The number of rotatable bonds is 4. The van der Waals surface area contributed by atoms with Crippen molar-refractivity contribution in [2.24, 2.45) is 0 Å². The Bertz CT molecular complexity index is 652. The molecule has 0 saturated heterocycles. The molecule has 2 nitrogen and oxygen atoms in total. The van der Waals surface area contributed by atoms with Gasteiger partial charge in [-0.05, 0) is 48.1 Å². The Balaban J connectivity index is 1.49. The summed E-state index contributed by atoms with van der Waals surface area (Å²) in [7, 11) is 0. The summed E-state index contributed by atoms with van der Waals surface area (Å²) in [5.41, 5.74) is 3.20. The Morgan fingerprint density at radius 1 is 1.10 bits per heavy atom. The van der Waals surface area contributed by atoms with E-state index < -0.39 is 0 Å². The fourth-order valence-corrected chi connectivity index (χ4v) is 3.09. The van der Waals surface area contributed by atoms with Crippen molar-refractivity contribution in [1.82, 2.24) is 5.32 Å². The SMILES string of the molecule is N#Cc1ccc(CNC2CC(c3ccccc3Cl)C2)cc1. The molecule has 0 atom stereocenters. The first-order valence-electron chi connectivity index (χ1n) is 7.23. The van der Waals surface area contributed by atoms with E-state index in [-0.39, 0.29) is 0 Å². The molecule has 21 heavy (non-hydrogen) atoms. The molecule has 3 heteroatoms. The highest BCUT2D eigenvalue weighted by Gasteiger charge is 2.30. The van der Waals surface area contributed by atoms with Gasteiger partial charge in [0.2, 0.25) is 0 Å². The molecule has 0 spiro atoms. The lowest BCUT2D eigenvalue weighted by Crippen LogP contribution is -2.39. The summed E-state index contributed by atoms with van der Waals surface area (Å²) in [5.74, 6) is 0.581. The molecule has 2 aromatic rings. The van der Waals surface area contributed by atoms with Crippen molar-refractivity contribution in [2.75, 3.05) is 0 Å². The Hall–Kier alpha value is -1.82. The quantitative estimate of drug-likeness (QED) is 0.915. The van der Waals surface area contributed by atoms with Crippen LogP contribution in [0.2, 0.25) is 5.02 Å². The molecule has 0 bridgehead atoms. The first-order chi connectivity index (χ1) is 10.3. The van der Waals surface area contributed by atoms with Crippen molar-refractivity contribution in [1.29, 1.82) is 5.26 Å². The zero-order chi connectivity index (χ0) is 14.7. The first-order valence-corrected chi connectivity index (χ1v) is 7.61. The maximum atomic E-state index is 8.78. The maximum absolute atomic E-state index is 8.78. The van der Waals surface area contributed by atoms with Crippen molar-refractivity contribution >= 4 is 11.6 Å². The highest BCUT2D eigenvalue weighted by molar-refractivity contribution is 6.31. The van der Waals surface area contributed by atoms with Gasteiger partial charge in [0.15, 0.2) is 0 Å². The van der Waals surface area contributed by atoms with E-state index >= 15 is 0 Å².